The minimum absolute atomic E-state index is 0.155. The second-order valence-electron chi connectivity index (χ2n) is 5.91. The van der Waals surface area contributed by atoms with Gasteiger partial charge in [0.25, 0.3) is 0 Å². The molecular weight excluding hydrogens is 270 g/mol. The second-order valence-corrected chi connectivity index (χ2v) is 5.91. The monoisotopic (exact) mass is 287 g/mol. The summed E-state index contributed by atoms with van der Waals surface area (Å²) in [6, 6.07) is 1.69. The highest BCUT2D eigenvalue weighted by molar-refractivity contribution is 5.89. The molecule has 2 saturated carbocycles. The number of aromatic nitrogens is 4. The van der Waals surface area contributed by atoms with Crippen molar-refractivity contribution in [3.05, 3.63) is 23.5 Å². The van der Waals surface area contributed by atoms with Crippen molar-refractivity contribution >= 4 is 11.7 Å². The Balaban J connectivity index is 1.49. The van der Waals surface area contributed by atoms with E-state index in [1.165, 1.54) is 12.8 Å². The Labute approximate surface area is 121 Å². The van der Waals surface area contributed by atoms with Crippen molar-refractivity contribution in [2.75, 3.05) is 5.32 Å². The van der Waals surface area contributed by atoms with Crippen LogP contribution >= 0.6 is 0 Å². The van der Waals surface area contributed by atoms with Gasteiger partial charge in [-0.3, -0.25) is 4.79 Å². The van der Waals surface area contributed by atoms with Gasteiger partial charge in [0.05, 0.1) is 0 Å². The number of aryl methyl sites for hydroxylation is 1. The molecule has 0 aromatic carbocycles. The van der Waals surface area contributed by atoms with Crippen LogP contribution in [0.25, 0.3) is 0 Å². The van der Waals surface area contributed by atoms with E-state index in [2.05, 4.69) is 20.6 Å². The van der Waals surface area contributed by atoms with Gasteiger partial charge in [-0.25, -0.2) is 9.67 Å². The van der Waals surface area contributed by atoms with E-state index in [-0.39, 0.29) is 12.5 Å². The lowest BCUT2D eigenvalue weighted by Crippen LogP contribution is -2.21. The van der Waals surface area contributed by atoms with Crippen LogP contribution in [0.3, 0.4) is 0 Å². The topological polar surface area (TPSA) is 85.8 Å². The van der Waals surface area contributed by atoms with Gasteiger partial charge in [-0.15, -0.1) is 0 Å². The Kier molecular flexibility index (Phi) is 2.80. The average molecular weight is 287 g/mol. The average Bonchev–Trinajstić information content (AvgIpc) is 3.36. The lowest BCUT2D eigenvalue weighted by Gasteiger charge is -2.04. The summed E-state index contributed by atoms with van der Waals surface area (Å²) in [5.41, 5.74) is 0. The summed E-state index contributed by atoms with van der Waals surface area (Å²) in [5, 5.41) is 11.0. The summed E-state index contributed by atoms with van der Waals surface area (Å²) >= 11 is 0. The predicted octanol–water partition coefficient (Wildman–Crippen LogP) is 1.97. The number of carbonyl (C=O) groups excluding carboxylic acids is 1. The second kappa shape index (κ2) is 4.68. The molecule has 2 fully saturated rings. The smallest absolute Gasteiger partial charge is 0.247 e. The molecule has 2 aliphatic carbocycles. The first-order chi connectivity index (χ1) is 10.2. The fraction of sp³-hybridized carbons (Fsp3) is 0.571. The number of nitrogens with zero attached hydrogens (tertiary/aromatic N) is 4. The largest absolute Gasteiger partial charge is 0.360 e. The lowest BCUT2D eigenvalue weighted by molar-refractivity contribution is -0.117. The van der Waals surface area contributed by atoms with E-state index >= 15 is 0 Å². The molecule has 7 nitrogen and oxygen atoms in total. The van der Waals surface area contributed by atoms with E-state index in [4.69, 9.17) is 4.52 Å². The Hall–Kier alpha value is -2.18. The highest BCUT2D eigenvalue weighted by Gasteiger charge is 2.34. The quantitative estimate of drug-likeness (QED) is 0.908. The molecule has 0 saturated heterocycles. The first-order valence-electron chi connectivity index (χ1n) is 7.37. The molecule has 110 valence electrons. The fourth-order valence-corrected chi connectivity index (χ4v) is 2.39. The van der Waals surface area contributed by atoms with Gasteiger partial charge in [-0.1, -0.05) is 5.16 Å². The van der Waals surface area contributed by atoms with Crippen LogP contribution in [0.2, 0.25) is 0 Å². The Morgan fingerprint density at radius 3 is 2.76 bits per heavy atom. The van der Waals surface area contributed by atoms with Crippen LogP contribution in [0.15, 0.2) is 10.6 Å². The van der Waals surface area contributed by atoms with E-state index in [9.17, 15) is 4.79 Å². The summed E-state index contributed by atoms with van der Waals surface area (Å²) in [4.78, 5) is 16.7. The van der Waals surface area contributed by atoms with Crippen molar-refractivity contribution in [3.8, 4) is 0 Å². The third-order valence-electron chi connectivity index (χ3n) is 3.79. The van der Waals surface area contributed by atoms with Crippen LogP contribution in [-0.2, 0) is 11.3 Å². The summed E-state index contributed by atoms with van der Waals surface area (Å²) in [6.07, 6.45) is 4.62. The van der Waals surface area contributed by atoms with Crippen molar-refractivity contribution in [3.63, 3.8) is 0 Å². The molecule has 0 atom stereocenters. The summed E-state index contributed by atoms with van der Waals surface area (Å²) in [6.45, 7) is 1.96. The van der Waals surface area contributed by atoms with Gasteiger partial charge in [0, 0.05) is 17.9 Å². The van der Waals surface area contributed by atoms with Gasteiger partial charge in [0.2, 0.25) is 5.91 Å². The fourth-order valence-electron chi connectivity index (χ4n) is 2.39. The number of hydrogen-bond donors (Lipinski definition) is 1. The molecule has 2 aromatic heterocycles. The maximum absolute atomic E-state index is 12.1. The van der Waals surface area contributed by atoms with E-state index in [0.29, 0.717) is 23.4 Å². The molecule has 0 spiro atoms. The molecular formula is C14H17N5O2. The Morgan fingerprint density at radius 1 is 1.38 bits per heavy atom. The van der Waals surface area contributed by atoms with Gasteiger partial charge < -0.3 is 9.84 Å². The molecule has 0 radical (unpaired) electrons. The van der Waals surface area contributed by atoms with Crippen molar-refractivity contribution in [2.24, 2.45) is 0 Å². The molecule has 1 amide bonds. The maximum Gasteiger partial charge on any atom is 0.247 e. The number of amides is 1. The van der Waals surface area contributed by atoms with E-state index in [1.54, 1.807) is 17.7 Å². The summed E-state index contributed by atoms with van der Waals surface area (Å²) in [7, 11) is 0. The highest BCUT2D eigenvalue weighted by atomic mass is 16.5. The zero-order valence-corrected chi connectivity index (χ0v) is 11.9. The van der Waals surface area contributed by atoms with E-state index < -0.39 is 0 Å². The van der Waals surface area contributed by atoms with Gasteiger partial charge >= 0.3 is 0 Å². The lowest BCUT2D eigenvalue weighted by atomic mass is 10.4. The minimum Gasteiger partial charge on any atom is -0.360 e. The van der Waals surface area contributed by atoms with Crippen LogP contribution in [0.5, 0.6) is 0 Å². The molecule has 21 heavy (non-hydrogen) atoms. The van der Waals surface area contributed by atoms with Crippen LogP contribution in [0, 0.1) is 6.92 Å². The van der Waals surface area contributed by atoms with Crippen molar-refractivity contribution < 1.29 is 9.32 Å². The number of anilines is 1. The maximum atomic E-state index is 12.1. The van der Waals surface area contributed by atoms with Gasteiger partial charge in [-0.2, -0.15) is 5.10 Å². The van der Waals surface area contributed by atoms with Gasteiger partial charge in [0.15, 0.2) is 11.6 Å². The van der Waals surface area contributed by atoms with Crippen LogP contribution in [0.1, 0.15) is 54.9 Å². The predicted molar refractivity (Wildman–Crippen MR) is 73.8 cm³/mol. The SMILES string of the molecule is Cc1cc(NC(=O)Cn2nc(C3CC3)nc2C2CC2)no1. The Bertz CT molecular complexity index is 681. The van der Waals surface area contributed by atoms with E-state index in [1.807, 2.05) is 0 Å². The number of nitrogens with one attached hydrogen (secondary N) is 1. The third kappa shape index (κ3) is 2.68. The first-order valence-corrected chi connectivity index (χ1v) is 7.37. The molecule has 7 heteroatoms. The minimum atomic E-state index is -0.155. The van der Waals surface area contributed by atoms with Gasteiger partial charge in [-0.05, 0) is 32.6 Å². The Morgan fingerprint density at radius 2 is 2.14 bits per heavy atom. The standard InChI is InChI=1S/C14H17N5O2/c1-8-6-11(18-21-8)15-12(20)7-19-14(10-4-5-10)16-13(17-19)9-2-3-9/h6,9-10H,2-5,7H2,1H3,(H,15,18,20). The van der Waals surface area contributed by atoms with Crippen molar-refractivity contribution in [1.82, 2.24) is 19.9 Å². The summed E-state index contributed by atoms with van der Waals surface area (Å²) in [5.74, 6) is 3.80. The number of hydrogen-bond acceptors (Lipinski definition) is 5. The van der Waals surface area contributed by atoms with Crippen LogP contribution in [-0.4, -0.2) is 25.8 Å². The number of carbonyl (C=O) groups is 1. The molecule has 2 heterocycles. The third-order valence-corrected chi connectivity index (χ3v) is 3.79. The molecule has 0 bridgehead atoms. The molecule has 1 N–H and O–H groups in total. The van der Waals surface area contributed by atoms with Gasteiger partial charge in [0.1, 0.15) is 18.1 Å². The molecule has 2 aliphatic rings. The zero-order chi connectivity index (χ0) is 14.4. The van der Waals surface area contributed by atoms with Crippen molar-refractivity contribution in [2.45, 2.75) is 51.0 Å². The first kappa shape index (κ1) is 12.6. The highest BCUT2D eigenvalue weighted by Crippen LogP contribution is 2.42. The summed E-state index contributed by atoms with van der Waals surface area (Å²) < 4.78 is 6.69. The zero-order valence-electron chi connectivity index (χ0n) is 11.9. The van der Waals surface area contributed by atoms with Crippen LogP contribution in [0.4, 0.5) is 5.82 Å². The van der Waals surface area contributed by atoms with Crippen LogP contribution < -0.4 is 5.32 Å². The molecule has 0 aliphatic heterocycles. The molecule has 4 rings (SSSR count). The van der Waals surface area contributed by atoms with E-state index in [0.717, 1.165) is 24.5 Å². The van der Waals surface area contributed by atoms with Crippen molar-refractivity contribution in [1.29, 1.82) is 0 Å². The molecule has 2 aromatic rings. The molecule has 0 unspecified atom stereocenters. The normalized spacial score (nSPS) is 18.0. The number of rotatable bonds is 5.